The lowest BCUT2D eigenvalue weighted by Gasteiger charge is -2.26. The molecule has 4 nitrogen and oxygen atoms in total. The van der Waals surface area contributed by atoms with Crippen molar-refractivity contribution in [1.29, 1.82) is 10.5 Å². The molecule has 2 heterocycles. The van der Waals surface area contributed by atoms with Crippen molar-refractivity contribution in [3.05, 3.63) is 193 Å². The summed E-state index contributed by atoms with van der Waals surface area (Å²) in [4.78, 5) is 0. The number of hydrogen-bond donors (Lipinski definition) is 0. The number of benzene rings is 9. The van der Waals surface area contributed by atoms with Crippen LogP contribution in [0.1, 0.15) is 11.1 Å². The average Bonchev–Trinajstić information content (AvgIpc) is 3.78. The molecule has 2 aromatic heterocycles. The number of nitrogens with zero attached hydrogens (tertiary/aromatic N) is 4. The first-order valence-electron chi connectivity index (χ1n) is 18.7. The van der Waals surface area contributed by atoms with E-state index in [1.165, 1.54) is 0 Å². The van der Waals surface area contributed by atoms with E-state index in [1.54, 1.807) is 0 Å². The lowest BCUT2D eigenvalue weighted by molar-refractivity contribution is 1.09. The Labute approximate surface area is 322 Å². The lowest BCUT2D eigenvalue weighted by Crippen LogP contribution is -2.11. The molecule has 0 radical (unpaired) electrons. The van der Waals surface area contributed by atoms with Gasteiger partial charge in [0.15, 0.2) is 0 Å². The maximum atomic E-state index is 11.4. The van der Waals surface area contributed by atoms with Crippen molar-refractivity contribution in [2.45, 2.75) is 0 Å². The van der Waals surface area contributed by atoms with E-state index in [2.05, 4.69) is 179 Å². The Kier molecular flexibility index (Phi) is 6.95. The van der Waals surface area contributed by atoms with Gasteiger partial charge in [0.25, 0.3) is 0 Å². The maximum Gasteiger partial charge on any atom is 0.101 e. The van der Waals surface area contributed by atoms with E-state index in [0.717, 1.165) is 87.7 Å². The van der Waals surface area contributed by atoms with E-state index in [-0.39, 0.29) is 0 Å². The van der Waals surface area contributed by atoms with Gasteiger partial charge in [-0.3, -0.25) is 0 Å². The normalized spacial score (nSPS) is 11.5. The van der Waals surface area contributed by atoms with Crippen LogP contribution in [0.4, 0.5) is 0 Å². The molecule has 0 atom stereocenters. The number of fused-ring (bicyclic) bond motifs is 8. The number of aromatic nitrogens is 2. The SMILES string of the molecule is N#Cc1c(C#N)c(-c2ccc3ccccc3c2)c(-n2c3ccccc3c3ccccc32)c(-n2c3ccccc3c3ccccc32)c1-c1ccc2ccccc2c1. The summed E-state index contributed by atoms with van der Waals surface area (Å²) < 4.78 is 4.67. The van der Waals surface area contributed by atoms with Crippen molar-refractivity contribution in [2.24, 2.45) is 0 Å². The third-order valence-electron chi connectivity index (χ3n) is 11.4. The summed E-state index contributed by atoms with van der Waals surface area (Å²) in [5, 5.41) is 31.6. The minimum Gasteiger partial charge on any atom is -0.307 e. The molecule has 258 valence electrons. The molecule has 0 aliphatic carbocycles. The monoisotopic (exact) mass is 710 g/mol. The van der Waals surface area contributed by atoms with Gasteiger partial charge >= 0.3 is 0 Å². The second kappa shape index (κ2) is 12.3. The minimum absolute atomic E-state index is 0.340. The van der Waals surface area contributed by atoms with Crippen LogP contribution in [0.3, 0.4) is 0 Å². The zero-order valence-electron chi connectivity index (χ0n) is 30.1. The molecule has 0 saturated carbocycles. The summed E-state index contributed by atoms with van der Waals surface area (Å²) in [5.74, 6) is 0. The van der Waals surface area contributed by atoms with Gasteiger partial charge < -0.3 is 9.13 Å². The van der Waals surface area contributed by atoms with Gasteiger partial charge in [-0.1, -0.05) is 146 Å². The highest BCUT2D eigenvalue weighted by atomic mass is 15.1. The first-order valence-corrected chi connectivity index (χ1v) is 18.7. The Balaban J connectivity index is 1.47. The largest absolute Gasteiger partial charge is 0.307 e. The third-order valence-corrected chi connectivity index (χ3v) is 11.4. The molecule has 0 unspecified atom stereocenters. The van der Waals surface area contributed by atoms with E-state index in [0.29, 0.717) is 22.3 Å². The summed E-state index contributed by atoms with van der Waals surface area (Å²) >= 11 is 0. The summed E-state index contributed by atoms with van der Waals surface area (Å²) in [6.07, 6.45) is 0. The Morgan fingerprint density at radius 1 is 0.321 bits per heavy atom. The van der Waals surface area contributed by atoms with Crippen LogP contribution in [0.15, 0.2) is 182 Å². The van der Waals surface area contributed by atoms with Crippen LogP contribution < -0.4 is 0 Å². The van der Waals surface area contributed by atoms with Gasteiger partial charge in [-0.25, -0.2) is 0 Å². The first-order chi connectivity index (χ1) is 27.7. The highest BCUT2D eigenvalue weighted by Gasteiger charge is 2.31. The minimum atomic E-state index is 0.340. The molecule has 0 bridgehead atoms. The molecule has 56 heavy (non-hydrogen) atoms. The zero-order valence-corrected chi connectivity index (χ0v) is 30.1. The quantitative estimate of drug-likeness (QED) is 0.183. The molecule has 9 aromatic carbocycles. The van der Waals surface area contributed by atoms with Gasteiger partial charge in [0, 0.05) is 32.7 Å². The lowest BCUT2D eigenvalue weighted by atomic mass is 9.85. The molecule has 0 N–H and O–H groups in total. The van der Waals surface area contributed by atoms with E-state index in [9.17, 15) is 10.5 Å². The zero-order chi connectivity index (χ0) is 37.3. The van der Waals surface area contributed by atoms with Crippen molar-refractivity contribution in [1.82, 2.24) is 9.13 Å². The van der Waals surface area contributed by atoms with Gasteiger partial charge in [-0.05, 0) is 69.1 Å². The molecule has 0 spiro atoms. The van der Waals surface area contributed by atoms with E-state index >= 15 is 0 Å². The number of hydrogen-bond acceptors (Lipinski definition) is 2. The van der Waals surface area contributed by atoms with Crippen molar-refractivity contribution in [3.8, 4) is 45.8 Å². The summed E-state index contributed by atoms with van der Waals surface area (Å²) in [6.45, 7) is 0. The van der Waals surface area contributed by atoms with Crippen molar-refractivity contribution < 1.29 is 0 Å². The van der Waals surface area contributed by atoms with E-state index in [4.69, 9.17) is 0 Å². The number of rotatable bonds is 4. The Bertz CT molecular complexity index is 3170. The molecule has 4 heteroatoms. The van der Waals surface area contributed by atoms with Gasteiger partial charge in [0.2, 0.25) is 0 Å². The van der Waals surface area contributed by atoms with Crippen LogP contribution in [0.5, 0.6) is 0 Å². The molecular weight excluding hydrogens is 681 g/mol. The van der Waals surface area contributed by atoms with E-state index < -0.39 is 0 Å². The van der Waals surface area contributed by atoms with Crippen molar-refractivity contribution in [2.75, 3.05) is 0 Å². The second-order valence-electron chi connectivity index (χ2n) is 14.3. The smallest absolute Gasteiger partial charge is 0.101 e. The van der Waals surface area contributed by atoms with Gasteiger partial charge in [-0.15, -0.1) is 0 Å². The fourth-order valence-electron chi connectivity index (χ4n) is 8.96. The molecule has 0 saturated heterocycles. The Morgan fingerprint density at radius 3 is 0.964 bits per heavy atom. The number of para-hydroxylation sites is 4. The van der Waals surface area contributed by atoms with Gasteiger partial charge in [0.1, 0.15) is 12.1 Å². The van der Waals surface area contributed by atoms with Crippen molar-refractivity contribution in [3.63, 3.8) is 0 Å². The third kappa shape index (κ3) is 4.51. The van der Waals surface area contributed by atoms with Crippen LogP contribution in [0.2, 0.25) is 0 Å². The summed E-state index contributed by atoms with van der Waals surface area (Å²) in [5.41, 5.74) is 9.54. The predicted octanol–water partition coefficient (Wildman–Crippen LogP) is 13.3. The fraction of sp³-hybridized carbons (Fsp3) is 0. The number of nitriles is 2. The standard InChI is InChI=1S/C52H30N4/c53-31-43-44(32-54)50(38-28-26-34-14-2-4-16-36(34)30-38)52(56-47-23-11-7-19-41(47)42-20-8-12-24-48(42)56)51(49(43)37-27-25-33-13-1-3-15-35(33)29-37)55-45-21-9-5-17-39(45)40-18-6-10-22-46(40)55/h1-30H. The fourth-order valence-corrected chi connectivity index (χ4v) is 8.96. The molecule has 11 rings (SSSR count). The second-order valence-corrected chi connectivity index (χ2v) is 14.3. The van der Waals surface area contributed by atoms with Gasteiger partial charge in [-0.2, -0.15) is 10.5 Å². The van der Waals surface area contributed by atoms with Crippen LogP contribution in [0, 0.1) is 22.7 Å². The van der Waals surface area contributed by atoms with Crippen molar-refractivity contribution >= 4 is 65.2 Å². The highest BCUT2D eigenvalue weighted by molar-refractivity contribution is 6.14. The first kappa shape index (κ1) is 31.6. The molecule has 0 aliphatic rings. The molecular formula is C52H30N4. The summed E-state index contributed by atoms with van der Waals surface area (Å²) in [7, 11) is 0. The molecule has 0 fully saturated rings. The molecule has 0 amide bonds. The topological polar surface area (TPSA) is 57.4 Å². The highest BCUT2D eigenvalue weighted by Crippen LogP contribution is 2.49. The van der Waals surface area contributed by atoms with Crippen LogP contribution in [-0.4, -0.2) is 9.13 Å². The predicted molar refractivity (Wildman–Crippen MR) is 230 cm³/mol. The maximum absolute atomic E-state index is 11.4. The van der Waals surface area contributed by atoms with Gasteiger partial charge in [0.05, 0.1) is 44.6 Å². The summed E-state index contributed by atoms with van der Waals surface area (Å²) in [6, 6.07) is 68.5. The van der Waals surface area contributed by atoms with Crippen LogP contribution in [0.25, 0.3) is 98.8 Å². The van der Waals surface area contributed by atoms with Crippen LogP contribution in [-0.2, 0) is 0 Å². The molecule has 11 aromatic rings. The Morgan fingerprint density at radius 2 is 0.625 bits per heavy atom. The molecule has 0 aliphatic heterocycles. The Hall–Kier alpha value is -7.92. The van der Waals surface area contributed by atoms with E-state index in [1.807, 2.05) is 24.3 Å². The average molecular weight is 711 g/mol. The van der Waals surface area contributed by atoms with Crippen LogP contribution >= 0.6 is 0 Å².